The molecule has 2 aromatic rings. The van der Waals surface area contributed by atoms with Crippen molar-refractivity contribution in [1.29, 1.82) is 0 Å². The third kappa shape index (κ3) is 3.55. The Morgan fingerprint density at radius 3 is 3.05 bits per heavy atom. The summed E-state index contributed by atoms with van der Waals surface area (Å²) in [4.78, 5) is 19.4. The monoisotopic (exact) mass is 308 g/mol. The Balaban J connectivity index is 2.03. The summed E-state index contributed by atoms with van der Waals surface area (Å²) in [5.41, 5.74) is 3.43. The van der Waals surface area contributed by atoms with Gasteiger partial charge in [-0.25, -0.2) is 10.4 Å². The Kier molecular flexibility index (Phi) is 5.08. The van der Waals surface area contributed by atoms with Crippen LogP contribution >= 0.6 is 23.1 Å². The van der Waals surface area contributed by atoms with Crippen molar-refractivity contribution in [3.63, 3.8) is 0 Å². The molecule has 0 saturated heterocycles. The topological polar surface area (TPSA) is 76.5 Å². The number of carbonyl (C=O) groups excluding carboxylic acids is 1. The minimum absolute atomic E-state index is 0.215. The molecule has 2 aromatic heterocycles. The lowest BCUT2D eigenvalue weighted by Crippen LogP contribution is -2.19. The van der Waals surface area contributed by atoms with Gasteiger partial charge in [-0.15, -0.1) is 11.8 Å². The standard InChI is InChI=1S/C12H12N4O2S2/c1-18-12-8(5-10(19-2)20-12)6-15-16-11(17)9-7-13-3-4-14-9/h3-7H,1-2H3,(H,16,17)/b15-6+. The fourth-order valence-electron chi connectivity index (χ4n) is 1.35. The SMILES string of the molecule is COc1sc(SC)cc1/C=N/NC(=O)c1cnccn1. The van der Waals surface area contributed by atoms with Gasteiger partial charge in [-0.05, 0) is 12.3 Å². The van der Waals surface area contributed by atoms with Crippen molar-refractivity contribution in [3.05, 3.63) is 35.9 Å². The van der Waals surface area contributed by atoms with Crippen LogP contribution < -0.4 is 10.2 Å². The first-order valence-electron chi connectivity index (χ1n) is 5.56. The minimum Gasteiger partial charge on any atom is -0.487 e. The zero-order valence-corrected chi connectivity index (χ0v) is 12.5. The van der Waals surface area contributed by atoms with Crippen LogP contribution in [0.5, 0.6) is 5.06 Å². The average Bonchev–Trinajstić information content (AvgIpc) is 2.90. The smallest absolute Gasteiger partial charge is 0.291 e. The van der Waals surface area contributed by atoms with Gasteiger partial charge >= 0.3 is 0 Å². The number of carbonyl (C=O) groups is 1. The van der Waals surface area contributed by atoms with E-state index >= 15 is 0 Å². The first-order chi connectivity index (χ1) is 9.74. The lowest BCUT2D eigenvalue weighted by molar-refractivity contribution is 0.0949. The molecule has 8 heteroatoms. The number of hydrogen-bond acceptors (Lipinski definition) is 7. The second-order valence-corrected chi connectivity index (χ2v) is 5.63. The number of ether oxygens (including phenoxy) is 1. The van der Waals surface area contributed by atoms with Gasteiger partial charge in [0.05, 0.1) is 23.7 Å². The van der Waals surface area contributed by atoms with Crippen molar-refractivity contribution in [2.75, 3.05) is 13.4 Å². The van der Waals surface area contributed by atoms with E-state index in [9.17, 15) is 4.79 Å². The number of aromatic nitrogens is 2. The predicted octanol–water partition coefficient (Wildman–Crippen LogP) is 2.03. The summed E-state index contributed by atoms with van der Waals surface area (Å²) < 4.78 is 6.36. The highest BCUT2D eigenvalue weighted by molar-refractivity contribution is 8.00. The fourth-order valence-corrected chi connectivity index (χ4v) is 2.84. The number of nitrogens with zero attached hydrogens (tertiary/aromatic N) is 3. The molecule has 0 atom stereocenters. The number of thioether (sulfide) groups is 1. The number of hydrazone groups is 1. The van der Waals surface area contributed by atoms with Crippen molar-refractivity contribution in [3.8, 4) is 5.06 Å². The highest BCUT2D eigenvalue weighted by Crippen LogP contribution is 2.34. The van der Waals surface area contributed by atoms with Crippen LogP contribution in [0.15, 0.2) is 34.0 Å². The number of nitrogens with one attached hydrogen (secondary N) is 1. The molecule has 6 nitrogen and oxygen atoms in total. The van der Waals surface area contributed by atoms with Crippen LogP contribution in [0.1, 0.15) is 16.1 Å². The van der Waals surface area contributed by atoms with E-state index in [1.165, 1.54) is 29.9 Å². The molecule has 1 N–H and O–H groups in total. The molecule has 0 bridgehead atoms. The van der Waals surface area contributed by atoms with Crippen LogP contribution in [0, 0.1) is 0 Å². The van der Waals surface area contributed by atoms with Gasteiger partial charge in [0.25, 0.3) is 5.91 Å². The van der Waals surface area contributed by atoms with Crippen LogP contribution in [-0.2, 0) is 0 Å². The lowest BCUT2D eigenvalue weighted by atomic mass is 10.4. The number of hydrogen-bond donors (Lipinski definition) is 1. The molecule has 0 unspecified atom stereocenters. The molecule has 0 fully saturated rings. The number of amides is 1. The fraction of sp³-hybridized carbons (Fsp3) is 0.167. The maximum Gasteiger partial charge on any atom is 0.291 e. The predicted molar refractivity (Wildman–Crippen MR) is 79.7 cm³/mol. The average molecular weight is 308 g/mol. The first kappa shape index (κ1) is 14.5. The molecule has 0 aliphatic carbocycles. The van der Waals surface area contributed by atoms with Crippen molar-refractivity contribution < 1.29 is 9.53 Å². The molecule has 2 heterocycles. The summed E-state index contributed by atoms with van der Waals surface area (Å²) in [6.45, 7) is 0. The summed E-state index contributed by atoms with van der Waals surface area (Å²) in [5, 5.41) is 4.66. The highest BCUT2D eigenvalue weighted by atomic mass is 32.2. The molecule has 104 valence electrons. The maximum atomic E-state index is 11.7. The van der Waals surface area contributed by atoms with Gasteiger partial charge in [-0.1, -0.05) is 11.3 Å². The molecule has 0 aliphatic rings. The van der Waals surface area contributed by atoms with E-state index < -0.39 is 5.91 Å². The van der Waals surface area contributed by atoms with Crippen molar-refractivity contribution in [2.24, 2.45) is 5.10 Å². The largest absolute Gasteiger partial charge is 0.487 e. The summed E-state index contributed by atoms with van der Waals surface area (Å²) in [7, 11) is 1.60. The Hall–Kier alpha value is -1.93. The molecular weight excluding hydrogens is 296 g/mol. The summed E-state index contributed by atoms with van der Waals surface area (Å²) in [6.07, 6.45) is 7.86. The van der Waals surface area contributed by atoms with Crippen molar-refractivity contribution >= 4 is 35.2 Å². The van der Waals surface area contributed by atoms with Crippen LogP contribution in [0.3, 0.4) is 0 Å². The van der Waals surface area contributed by atoms with E-state index in [-0.39, 0.29) is 5.69 Å². The molecule has 0 aromatic carbocycles. The van der Waals surface area contributed by atoms with Crippen molar-refractivity contribution in [1.82, 2.24) is 15.4 Å². The number of thiophene rings is 1. The van der Waals surface area contributed by atoms with Gasteiger partial charge in [0, 0.05) is 18.0 Å². The van der Waals surface area contributed by atoms with E-state index in [1.807, 2.05) is 12.3 Å². The molecule has 0 radical (unpaired) electrons. The zero-order valence-electron chi connectivity index (χ0n) is 10.9. The van der Waals surface area contributed by atoms with Crippen LogP contribution in [0.25, 0.3) is 0 Å². The van der Waals surface area contributed by atoms with Gasteiger partial charge in [0.2, 0.25) is 0 Å². The Morgan fingerprint density at radius 2 is 2.40 bits per heavy atom. The van der Waals surface area contributed by atoms with Crippen LogP contribution in [-0.4, -0.2) is 35.5 Å². The molecule has 0 aliphatic heterocycles. The van der Waals surface area contributed by atoms with Gasteiger partial charge in [0.1, 0.15) is 5.69 Å². The molecule has 20 heavy (non-hydrogen) atoms. The molecule has 1 amide bonds. The third-order valence-corrected chi connectivity index (χ3v) is 4.43. The Morgan fingerprint density at radius 1 is 1.55 bits per heavy atom. The normalized spacial score (nSPS) is 10.7. The first-order valence-corrected chi connectivity index (χ1v) is 7.60. The highest BCUT2D eigenvalue weighted by Gasteiger charge is 2.08. The summed E-state index contributed by atoms with van der Waals surface area (Å²) in [5.74, 6) is -0.409. The van der Waals surface area contributed by atoms with E-state index in [1.54, 1.807) is 25.1 Å². The van der Waals surface area contributed by atoms with Gasteiger partial charge in [0.15, 0.2) is 5.06 Å². The summed E-state index contributed by atoms with van der Waals surface area (Å²) >= 11 is 3.16. The molecule has 0 spiro atoms. The Bertz CT molecular complexity index is 613. The quantitative estimate of drug-likeness (QED) is 0.519. The van der Waals surface area contributed by atoms with E-state index in [0.717, 1.165) is 14.8 Å². The molecule has 2 rings (SSSR count). The number of methoxy groups -OCH3 is 1. The van der Waals surface area contributed by atoms with E-state index in [2.05, 4.69) is 20.5 Å². The third-order valence-electron chi connectivity index (χ3n) is 2.25. The zero-order chi connectivity index (χ0) is 14.4. The van der Waals surface area contributed by atoms with E-state index in [0.29, 0.717) is 0 Å². The van der Waals surface area contributed by atoms with E-state index in [4.69, 9.17) is 4.74 Å². The number of rotatable bonds is 5. The van der Waals surface area contributed by atoms with Gasteiger partial charge < -0.3 is 4.74 Å². The van der Waals surface area contributed by atoms with Crippen LogP contribution in [0.2, 0.25) is 0 Å². The van der Waals surface area contributed by atoms with Crippen molar-refractivity contribution in [2.45, 2.75) is 4.21 Å². The lowest BCUT2D eigenvalue weighted by Gasteiger charge is -1.98. The molecular formula is C12H12N4O2S2. The summed E-state index contributed by atoms with van der Waals surface area (Å²) in [6, 6.07) is 1.95. The van der Waals surface area contributed by atoms with Gasteiger partial charge in [-0.2, -0.15) is 5.10 Å². The van der Waals surface area contributed by atoms with Crippen LogP contribution in [0.4, 0.5) is 0 Å². The molecule has 0 saturated carbocycles. The second-order valence-electron chi connectivity index (χ2n) is 3.51. The minimum atomic E-state index is -0.409. The van der Waals surface area contributed by atoms with Gasteiger partial charge in [-0.3, -0.25) is 9.78 Å². The maximum absolute atomic E-state index is 11.7. The Labute approximate surface area is 124 Å². The second kappa shape index (κ2) is 7.01.